The van der Waals surface area contributed by atoms with E-state index in [0.29, 0.717) is 0 Å². The Balaban J connectivity index is 1.08. The van der Waals surface area contributed by atoms with E-state index in [1.165, 1.54) is 103 Å². The number of aromatic nitrogens is 1. The summed E-state index contributed by atoms with van der Waals surface area (Å²) in [6.45, 7) is 0. The van der Waals surface area contributed by atoms with Crippen molar-refractivity contribution < 1.29 is 0 Å². The molecule has 11 aromatic carbocycles. The summed E-state index contributed by atoms with van der Waals surface area (Å²) in [5, 5.41) is 9.93. The first-order chi connectivity index (χ1) is 31.8. The normalized spacial score (nSPS) is 13.4. The molecule has 0 saturated heterocycles. The van der Waals surface area contributed by atoms with Gasteiger partial charge in [0.15, 0.2) is 0 Å². The number of rotatable bonds is 4. The first-order valence-electron chi connectivity index (χ1n) is 22.1. The first-order valence-corrected chi connectivity index (χ1v) is 22.9. The Hall–Kier alpha value is -7.85. The van der Waals surface area contributed by atoms with E-state index >= 15 is 0 Å². The van der Waals surface area contributed by atoms with E-state index in [1.54, 1.807) is 0 Å². The molecule has 0 atom stereocenters. The zero-order chi connectivity index (χ0) is 41.9. The van der Waals surface area contributed by atoms with Gasteiger partial charge in [-0.25, -0.2) is 0 Å². The lowest BCUT2D eigenvalue weighted by atomic mass is 9.59. The van der Waals surface area contributed by atoms with Crippen molar-refractivity contribution in [3.05, 3.63) is 253 Å². The molecular weight excluding hydrogens is 793 g/mol. The summed E-state index contributed by atoms with van der Waals surface area (Å²) in [5.41, 5.74) is 14.2. The fourth-order valence-corrected chi connectivity index (χ4v) is 12.6. The smallest absolute Gasteiger partial charge is 0.0736 e. The minimum absolute atomic E-state index is 0.558. The molecule has 1 aliphatic heterocycles. The molecular formula is C61H38N2S. The molecule has 0 amide bonds. The number of hydrogen-bond acceptors (Lipinski definition) is 2. The number of fused-ring (bicyclic) bond motifs is 13. The van der Waals surface area contributed by atoms with Gasteiger partial charge < -0.3 is 9.47 Å². The summed E-state index contributed by atoms with van der Waals surface area (Å²) in [4.78, 5) is 5.11. The van der Waals surface area contributed by atoms with Gasteiger partial charge in [0.05, 0.1) is 27.8 Å². The van der Waals surface area contributed by atoms with Gasteiger partial charge in [-0.1, -0.05) is 182 Å². The maximum absolute atomic E-state index is 2.53. The van der Waals surface area contributed by atoms with Crippen LogP contribution in [0.2, 0.25) is 0 Å². The van der Waals surface area contributed by atoms with Crippen molar-refractivity contribution in [2.75, 3.05) is 4.90 Å². The Bertz CT molecular complexity index is 3850. The molecule has 0 fully saturated rings. The Labute approximate surface area is 375 Å². The van der Waals surface area contributed by atoms with Gasteiger partial charge in [0, 0.05) is 42.7 Å². The highest BCUT2D eigenvalue weighted by molar-refractivity contribution is 7.99. The van der Waals surface area contributed by atoms with Crippen LogP contribution in [0.5, 0.6) is 0 Å². The molecule has 0 bridgehead atoms. The third-order valence-corrected chi connectivity index (χ3v) is 15.1. The van der Waals surface area contributed by atoms with E-state index in [-0.39, 0.29) is 0 Å². The van der Waals surface area contributed by atoms with Crippen LogP contribution in [0.4, 0.5) is 17.1 Å². The van der Waals surface area contributed by atoms with Crippen molar-refractivity contribution in [3.63, 3.8) is 0 Å². The van der Waals surface area contributed by atoms with Crippen LogP contribution in [0.1, 0.15) is 22.3 Å². The zero-order valence-electron chi connectivity index (χ0n) is 34.7. The quantitative estimate of drug-likeness (QED) is 0.175. The van der Waals surface area contributed by atoms with Crippen molar-refractivity contribution in [1.29, 1.82) is 0 Å². The van der Waals surface area contributed by atoms with Crippen LogP contribution in [0.25, 0.3) is 70.9 Å². The molecule has 3 heteroatoms. The van der Waals surface area contributed by atoms with Crippen molar-refractivity contribution in [2.45, 2.75) is 15.2 Å². The SMILES string of the molecule is c1ccc2c(c1)Sc1ccccc1C21c2cc(N(c3ccc4c(c3)c3ccccc3n4-c3cccc4ccccc34)c3cccc4ccccc34)ccc2-c2cccc3cccc1c23. The third-order valence-electron chi connectivity index (χ3n) is 14.0. The van der Waals surface area contributed by atoms with Gasteiger partial charge in [-0.2, -0.15) is 0 Å². The molecule has 12 aromatic rings. The number of benzene rings is 11. The highest BCUT2D eigenvalue weighted by atomic mass is 32.2. The molecule has 298 valence electrons. The summed E-state index contributed by atoms with van der Waals surface area (Å²) in [6, 6.07) is 86.1. The maximum atomic E-state index is 2.53. The predicted molar refractivity (Wildman–Crippen MR) is 269 cm³/mol. The Morgan fingerprint density at radius 3 is 1.73 bits per heavy atom. The lowest BCUT2D eigenvalue weighted by Crippen LogP contribution is -2.36. The Kier molecular flexibility index (Phi) is 7.57. The molecule has 2 aliphatic rings. The summed E-state index contributed by atoms with van der Waals surface area (Å²) >= 11 is 1.89. The van der Waals surface area contributed by atoms with E-state index in [9.17, 15) is 0 Å². The van der Waals surface area contributed by atoms with Gasteiger partial charge >= 0.3 is 0 Å². The van der Waals surface area contributed by atoms with E-state index in [1.807, 2.05) is 11.8 Å². The first kappa shape index (κ1) is 35.7. The molecule has 2 heterocycles. The van der Waals surface area contributed by atoms with Crippen molar-refractivity contribution in [2.24, 2.45) is 0 Å². The average Bonchev–Trinajstić information content (AvgIpc) is 3.68. The Morgan fingerprint density at radius 2 is 0.922 bits per heavy atom. The van der Waals surface area contributed by atoms with Crippen molar-refractivity contribution >= 4 is 82.9 Å². The Morgan fingerprint density at radius 1 is 0.359 bits per heavy atom. The standard InChI is InChI=1S/C61H38N2S/c1-3-21-44-39(15-1)17-13-29-54(44)62(42-34-36-57-49(37-42)47-23-5-8-28-56(47)63(57)55-30-14-18-40-16-2-4-22-45(40)55)43-33-35-46-48-24-11-19-41-20-12-27-52(60(41)48)61(53(46)38-43)50-25-6-9-31-58(50)64-59-32-10-7-26-51(59)61/h1-38H. The van der Waals surface area contributed by atoms with Gasteiger partial charge in [0.1, 0.15) is 0 Å². The van der Waals surface area contributed by atoms with Gasteiger partial charge in [-0.05, 0) is 116 Å². The molecule has 0 N–H and O–H groups in total. The third kappa shape index (κ3) is 4.87. The zero-order valence-corrected chi connectivity index (χ0v) is 35.6. The lowest BCUT2D eigenvalue weighted by molar-refractivity contribution is 0.707. The highest BCUT2D eigenvalue weighted by Gasteiger charge is 2.48. The molecule has 0 saturated carbocycles. The molecule has 1 aliphatic carbocycles. The van der Waals surface area contributed by atoms with Crippen LogP contribution in [0, 0.1) is 0 Å². The lowest BCUT2D eigenvalue weighted by Gasteiger charge is -2.46. The number of anilines is 3. The van der Waals surface area contributed by atoms with E-state index in [0.717, 1.165) is 17.1 Å². The minimum atomic E-state index is -0.558. The number of nitrogens with zero attached hydrogens (tertiary/aromatic N) is 2. The van der Waals surface area contributed by atoms with Gasteiger partial charge in [0.2, 0.25) is 0 Å². The van der Waals surface area contributed by atoms with Crippen molar-refractivity contribution in [1.82, 2.24) is 4.57 Å². The monoisotopic (exact) mass is 830 g/mol. The minimum Gasteiger partial charge on any atom is -0.310 e. The fourth-order valence-electron chi connectivity index (χ4n) is 11.4. The molecule has 1 aromatic heterocycles. The second-order valence-electron chi connectivity index (χ2n) is 17.2. The molecule has 0 radical (unpaired) electrons. The van der Waals surface area contributed by atoms with E-state index in [4.69, 9.17) is 0 Å². The fraction of sp³-hybridized carbons (Fsp3) is 0.0164. The van der Waals surface area contributed by atoms with Gasteiger partial charge in [-0.3, -0.25) is 0 Å². The van der Waals surface area contributed by atoms with Gasteiger partial charge in [0.25, 0.3) is 0 Å². The van der Waals surface area contributed by atoms with Gasteiger partial charge in [-0.15, -0.1) is 0 Å². The summed E-state index contributed by atoms with van der Waals surface area (Å²) in [7, 11) is 0. The largest absolute Gasteiger partial charge is 0.310 e. The van der Waals surface area contributed by atoms with Crippen molar-refractivity contribution in [3.8, 4) is 16.8 Å². The van der Waals surface area contributed by atoms with Crippen LogP contribution in [-0.4, -0.2) is 4.57 Å². The molecule has 14 rings (SSSR count). The van der Waals surface area contributed by atoms with Crippen LogP contribution >= 0.6 is 11.8 Å². The molecule has 2 nitrogen and oxygen atoms in total. The van der Waals surface area contributed by atoms with Crippen LogP contribution in [0.15, 0.2) is 240 Å². The maximum Gasteiger partial charge on any atom is 0.0736 e. The summed E-state index contributed by atoms with van der Waals surface area (Å²) < 4.78 is 2.45. The molecule has 0 unspecified atom stereocenters. The van der Waals surface area contributed by atoms with Crippen LogP contribution in [0.3, 0.4) is 0 Å². The average molecular weight is 831 g/mol. The highest BCUT2D eigenvalue weighted by Crippen LogP contribution is 2.62. The van der Waals surface area contributed by atoms with E-state index in [2.05, 4.69) is 240 Å². The van der Waals surface area contributed by atoms with Crippen LogP contribution < -0.4 is 4.90 Å². The molecule has 1 spiro atoms. The molecule has 64 heavy (non-hydrogen) atoms. The summed E-state index contributed by atoms with van der Waals surface area (Å²) in [5.74, 6) is 0. The predicted octanol–water partition coefficient (Wildman–Crippen LogP) is 16.5. The summed E-state index contributed by atoms with van der Waals surface area (Å²) in [6.07, 6.45) is 0. The topological polar surface area (TPSA) is 8.17 Å². The van der Waals surface area contributed by atoms with Crippen LogP contribution in [-0.2, 0) is 5.41 Å². The second-order valence-corrected chi connectivity index (χ2v) is 18.3. The number of para-hydroxylation sites is 1. The number of hydrogen-bond donors (Lipinski definition) is 0. The second kappa shape index (κ2) is 13.6. The van der Waals surface area contributed by atoms with E-state index < -0.39 is 5.41 Å².